The summed E-state index contributed by atoms with van der Waals surface area (Å²) in [4.78, 5) is 2.25. The van der Waals surface area contributed by atoms with E-state index in [4.69, 9.17) is 4.74 Å². The molecule has 0 bridgehead atoms. The van der Waals surface area contributed by atoms with E-state index in [0.29, 0.717) is 17.2 Å². The highest BCUT2D eigenvalue weighted by atomic mass is 19.3. The van der Waals surface area contributed by atoms with E-state index in [1.165, 1.54) is 18.9 Å². The first-order valence-electron chi connectivity index (χ1n) is 9.65. The van der Waals surface area contributed by atoms with Gasteiger partial charge in [-0.25, -0.2) is 4.39 Å². The van der Waals surface area contributed by atoms with Gasteiger partial charge in [0.1, 0.15) is 0 Å². The van der Waals surface area contributed by atoms with Crippen LogP contribution in [0.3, 0.4) is 0 Å². The summed E-state index contributed by atoms with van der Waals surface area (Å²) in [6, 6.07) is 11.7. The van der Waals surface area contributed by atoms with Crippen molar-refractivity contribution < 1.29 is 22.6 Å². The minimum atomic E-state index is -3.07. The van der Waals surface area contributed by atoms with Crippen molar-refractivity contribution in [1.29, 1.82) is 0 Å². The summed E-state index contributed by atoms with van der Waals surface area (Å²) in [7, 11) is 2.07. The molecule has 3 nitrogen and oxygen atoms in total. The SMILES string of the molecule is CN(CCCC1CCCO1)Cc1ccc(-c2cccc(F)c2OC(F)F)cc1. The van der Waals surface area contributed by atoms with Crippen LogP contribution in [0.15, 0.2) is 42.5 Å². The average Bonchev–Trinajstić information content (AvgIpc) is 3.17. The third-order valence-electron chi connectivity index (χ3n) is 4.98. The van der Waals surface area contributed by atoms with Crippen molar-refractivity contribution >= 4 is 0 Å². The van der Waals surface area contributed by atoms with E-state index in [1.54, 1.807) is 6.07 Å². The van der Waals surface area contributed by atoms with Crippen molar-refractivity contribution in [3.8, 4) is 16.9 Å². The molecule has 1 saturated heterocycles. The maximum atomic E-state index is 13.9. The van der Waals surface area contributed by atoms with Gasteiger partial charge in [-0.2, -0.15) is 8.78 Å². The third-order valence-corrected chi connectivity index (χ3v) is 4.98. The Morgan fingerprint density at radius 3 is 2.64 bits per heavy atom. The van der Waals surface area contributed by atoms with Crippen LogP contribution in [0, 0.1) is 5.82 Å². The van der Waals surface area contributed by atoms with Crippen molar-refractivity contribution in [2.45, 2.75) is 44.9 Å². The molecule has 1 unspecified atom stereocenters. The number of hydrogen-bond acceptors (Lipinski definition) is 3. The zero-order valence-corrected chi connectivity index (χ0v) is 16.0. The van der Waals surface area contributed by atoms with Crippen molar-refractivity contribution in [3.05, 3.63) is 53.8 Å². The van der Waals surface area contributed by atoms with E-state index in [0.717, 1.165) is 44.2 Å². The molecule has 1 aliphatic rings. The van der Waals surface area contributed by atoms with Gasteiger partial charge in [-0.05, 0) is 56.5 Å². The second kappa shape index (κ2) is 9.94. The van der Waals surface area contributed by atoms with Gasteiger partial charge in [0.25, 0.3) is 0 Å². The van der Waals surface area contributed by atoms with Crippen LogP contribution in [-0.2, 0) is 11.3 Å². The number of alkyl halides is 2. The predicted octanol–water partition coefficient (Wildman–Crippen LogP) is 5.49. The zero-order valence-electron chi connectivity index (χ0n) is 16.0. The quantitative estimate of drug-likeness (QED) is 0.563. The highest BCUT2D eigenvalue weighted by Crippen LogP contribution is 2.33. The summed E-state index contributed by atoms with van der Waals surface area (Å²) in [5.41, 5.74) is 2.06. The normalized spacial score (nSPS) is 16.9. The Labute approximate surface area is 164 Å². The molecule has 28 heavy (non-hydrogen) atoms. The van der Waals surface area contributed by atoms with Crippen LogP contribution in [0.5, 0.6) is 5.75 Å². The van der Waals surface area contributed by atoms with E-state index in [2.05, 4.69) is 16.7 Å². The fourth-order valence-electron chi connectivity index (χ4n) is 3.59. The van der Waals surface area contributed by atoms with Gasteiger partial charge in [0.15, 0.2) is 11.6 Å². The van der Waals surface area contributed by atoms with Crippen LogP contribution >= 0.6 is 0 Å². The van der Waals surface area contributed by atoms with Gasteiger partial charge in [0.05, 0.1) is 6.10 Å². The van der Waals surface area contributed by atoms with Crippen molar-refractivity contribution in [1.82, 2.24) is 4.90 Å². The lowest BCUT2D eigenvalue weighted by Crippen LogP contribution is -2.20. The number of hydrogen-bond donors (Lipinski definition) is 0. The number of para-hydroxylation sites is 1. The molecule has 0 aliphatic carbocycles. The lowest BCUT2D eigenvalue weighted by Gasteiger charge is -2.18. The molecule has 1 aliphatic heterocycles. The van der Waals surface area contributed by atoms with Crippen LogP contribution in [0.4, 0.5) is 13.2 Å². The van der Waals surface area contributed by atoms with Crippen LogP contribution in [0.25, 0.3) is 11.1 Å². The summed E-state index contributed by atoms with van der Waals surface area (Å²) in [5.74, 6) is -1.22. The Kier molecular flexibility index (Phi) is 7.34. The van der Waals surface area contributed by atoms with Crippen molar-refractivity contribution in [2.75, 3.05) is 20.2 Å². The molecule has 6 heteroatoms. The summed E-state index contributed by atoms with van der Waals surface area (Å²) >= 11 is 0. The lowest BCUT2D eigenvalue weighted by atomic mass is 10.0. The number of benzene rings is 2. The molecular formula is C22H26F3NO2. The largest absolute Gasteiger partial charge is 0.431 e. The van der Waals surface area contributed by atoms with Crippen LogP contribution in [0.2, 0.25) is 0 Å². The topological polar surface area (TPSA) is 21.7 Å². The van der Waals surface area contributed by atoms with Gasteiger partial charge >= 0.3 is 6.61 Å². The molecule has 2 aromatic rings. The monoisotopic (exact) mass is 393 g/mol. The zero-order chi connectivity index (χ0) is 19.9. The smallest absolute Gasteiger partial charge is 0.387 e. The summed E-state index contributed by atoms with van der Waals surface area (Å²) in [6.45, 7) is -0.409. The van der Waals surface area contributed by atoms with E-state index >= 15 is 0 Å². The Bertz CT molecular complexity index is 746. The molecule has 0 N–H and O–H groups in total. The van der Waals surface area contributed by atoms with Crippen molar-refractivity contribution in [3.63, 3.8) is 0 Å². The second-order valence-corrected chi connectivity index (χ2v) is 7.21. The van der Waals surface area contributed by atoms with Crippen molar-refractivity contribution in [2.24, 2.45) is 0 Å². The highest BCUT2D eigenvalue weighted by Gasteiger charge is 2.17. The fraction of sp³-hybridized carbons (Fsp3) is 0.455. The van der Waals surface area contributed by atoms with Gasteiger partial charge in [0.2, 0.25) is 0 Å². The molecular weight excluding hydrogens is 367 g/mol. The third kappa shape index (κ3) is 5.72. The maximum Gasteiger partial charge on any atom is 0.387 e. The molecule has 0 aromatic heterocycles. The number of nitrogens with zero attached hydrogens (tertiary/aromatic N) is 1. The molecule has 0 spiro atoms. The molecule has 2 aromatic carbocycles. The van der Waals surface area contributed by atoms with Crippen LogP contribution < -0.4 is 4.74 Å². The Hall–Kier alpha value is -2.05. The molecule has 0 amide bonds. The van der Waals surface area contributed by atoms with Gasteiger partial charge in [0, 0.05) is 18.7 Å². The molecule has 0 saturated carbocycles. The number of halogens is 3. The standard InChI is InChI=1S/C22H26F3NO2/c1-26(13-3-5-18-6-4-14-27-18)15-16-9-11-17(12-10-16)19-7-2-8-20(23)21(19)28-22(24)25/h2,7-12,18,22H,3-6,13-15H2,1H3. The summed E-state index contributed by atoms with van der Waals surface area (Å²) < 4.78 is 49.1. The van der Waals surface area contributed by atoms with Gasteiger partial charge in [-0.15, -0.1) is 0 Å². The first kappa shape index (κ1) is 20.7. The number of rotatable bonds is 9. The predicted molar refractivity (Wildman–Crippen MR) is 103 cm³/mol. The summed E-state index contributed by atoms with van der Waals surface area (Å²) in [6.07, 6.45) is 4.95. The Morgan fingerprint density at radius 1 is 1.18 bits per heavy atom. The maximum absolute atomic E-state index is 13.9. The second-order valence-electron chi connectivity index (χ2n) is 7.21. The minimum Gasteiger partial charge on any atom is -0.431 e. The number of ether oxygens (including phenoxy) is 2. The summed E-state index contributed by atoms with van der Waals surface area (Å²) in [5, 5.41) is 0. The average molecular weight is 393 g/mol. The Morgan fingerprint density at radius 2 is 1.96 bits per heavy atom. The molecule has 1 heterocycles. The van der Waals surface area contributed by atoms with E-state index < -0.39 is 18.2 Å². The fourth-order valence-corrected chi connectivity index (χ4v) is 3.59. The van der Waals surface area contributed by atoms with Crippen LogP contribution in [-0.4, -0.2) is 37.8 Å². The Balaban J connectivity index is 1.58. The molecule has 1 atom stereocenters. The molecule has 152 valence electrons. The van der Waals surface area contributed by atoms with Crippen LogP contribution in [0.1, 0.15) is 31.2 Å². The van der Waals surface area contributed by atoms with E-state index in [1.807, 2.05) is 24.3 Å². The first-order valence-corrected chi connectivity index (χ1v) is 9.65. The first-order chi connectivity index (χ1) is 13.5. The minimum absolute atomic E-state index is 0.316. The molecule has 1 fully saturated rings. The lowest BCUT2D eigenvalue weighted by molar-refractivity contribution is -0.0517. The highest BCUT2D eigenvalue weighted by molar-refractivity contribution is 5.70. The van der Waals surface area contributed by atoms with E-state index in [9.17, 15) is 13.2 Å². The van der Waals surface area contributed by atoms with E-state index in [-0.39, 0.29) is 0 Å². The molecule has 3 rings (SSSR count). The van der Waals surface area contributed by atoms with Gasteiger partial charge in [-0.3, -0.25) is 0 Å². The van der Waals surface area contributed by atoms with Gasteiger partial charge < -0.3 is 14.4 Å². The molecule has 0 radical (unpaired) electrons. The van der Waals surface area contributed by atoms with Gasteiger partial charge in [-0.1, -0.05) is 36.4 Å².